The standard InChI is InChI=1S/C16H22BrNO2/c1-2-11-14(16(18)6-4-3-5-7-16)12(17)10-13-15(11)20-9-8-19-13/h10H,2-9,18H2,1H3. The summed E-state index contributed by atoms with van der Waals surface area (Å²) in [4.78, 5) is 0. The van der Waals surface area contributed by atoms with Crippen molar-refractivity contribution >= 4 is 15.9 Å². The average molecular weight is 340 g/mol. The molecule has 1 fully saturated rings. The van der Waals surface area contributed by atoms with Crippen LogP contribution in [0.25, 0.3) is 0 Å². The number of fused-ring (bicyclic) bond motifs is 1. The molecule has 3 nitrogen and oxygen atoms in total. The van der Waals surface area contributed by atoms with Crippen LogP contribution in [0.4, 0.5) is 0 Å². The average Bonchev–Trinajstić information content (AvgIpc) is 2.46. The van der Waals surface area contributed by atoms with Gasteiger partial charge in [0.15, 0.2) is 11.5 Å². The van der Waals surface area contributed by atoms with Crippen LogP contribution in [0.5, 0.6) is 11.5 Å². The first kappa shape index (κ1) is 14.2. The SMILES string of the molecule is CCc1c2c(cc(Br)c1C1(N)CCCCC1)OCCO2. The Hall–Kier alpha value is -0.740. The monoisotopic (exact) mass is 339 g/mol. The molecule has 1 saturated carbocycles. The number of benzene rings is 1. The van der Waals surface area contributed by atoms with Gasteiger partial charge in [0.1, 0.15) is 13.2 Å². The number of hydrogen-bond donors (Lipinski definition) is 1. The van der Waals surface area contributed by atoms with Gasteiger partial charge in [-0.25, -0.2) is 0 Å². The summed E-state index contributed by atoms with van der Waals surface area (Å²) in [6.45, 7) is 3.41. The first-order valence-corrected chi connectivity index (χ1v) is 8.35. The zero-order valence-corrected chi connectivity index (χ0v) is 13.6. The maximum absolute atomic E-state index is 6.76. The van der Waals surface area contributed by atoms with Crippen molar-refractivity contribution in [2.75, 3.05) is 13.2 Å². The van der Waals surface area contributed by atoms with Gasteiger partial charge in [-0.1, -0.05) is 42.1 Å². The van der Waals surface area contributed by atoms with Gasteiger partial charge in [-0.05, 0) is 30.9 Å². The van der Waals surface area contributed by atoms with Crippen LogP contribution < -0.4 is 15.2 Å². The molecule has 0 amide bonds. The highest BCUT2D eigenvalue weighted by Gasteiger charge is 2.35. The lowest BCUT2D eigenvalue weighted by Gasteiger charge is -2.37. The Morgan fingerprint density at radius 1 is 1.20 bits per heavy atom. The highest BCUT2D eigenvalue weighted by Crippen LogP contribution is 2.47. The molecule has 1 heterocycles. The van der Waals surface area contributed by atoms with Gasteiger partial charge in [0.05, 0.1) is 0 Å². The summed E-state index contributed by atoms with van der Waals surface area (Å²) >= 11 is 3.72. The van der Waals surface area contributed by atoms with Gasteiger partial charge in [0, 0.05) is 15.6 Å². The molecule has 1 aliphatic heterocycles. The molecule has 0 aromatic heterocycles. The van der Waals surface area contributed by atoms with Crippen molar-refractivity contribution < 1.29 is 9.47 Å². The van der Waals surface area contributed by atoms with E-state index in [-0.39, 0.29) is 5.54 Å². The fraction of sp³-hybridized carbons (Fsp3) is 0.625. The second-order valence-corrected chi connectivity index (χ2v) is 6.66. The summed E-state index contributed by atoms with van der Waals surface area (Å²) in [7, 11) is 0. The molecule has 1 aromatic carbocycles. The molecule has 1 aliphatic carbocycles. The highest BCUT2D eigenvalue weighted by atomic mass is 79.9. The maximum atomic E-state index is 6.76. The fourth-order valence-electron chi connectivity index (χ4n) is 3.53. The summed E-state index contributed by atoms with van der Waals surface area (Å²) in [5.41, 5.74) is 9.00. The second-order valence-electron chi connectivity index (χ2n) is 5.81. The van der Waals surface area contributed by atoms with Crippen LogP contribution in [0.1, 0.15) is 50.2 Å². The molecule has 0 saturated heterocycles. The normalized spacial score (nSPS) is 20.8. The van der Waals surface area contributed by atoms with Crippen LogP contribution in [0, 0.1) is 0 Å². The second kappa shape index (κ2) is 5.57. The molecule has 0 spiro atoms. The zero-order chi connectivity index (χ0) is 14.2. The Balaban J connectivity index is 2.14. The Kier molecular flexibility index (Phi) is 3.95. The molecule has 0 bridgehead atoms. The van der Waals surface area contributed by atoms with Crippen LogP contribution in [0.15, 0.2) is 10.5 Å². The molecule has 0 radical (unpaired) electrons. The Labute approximate surface area is 129 Å². The number of hydrogen-bond acceptors (Lipinski definition) is 3. The summed E-state index contributed by atoms with van der Waals surface area (Å²) in [6, 6.07) is 2.03. The van der Waals surface area contributed by atoms with E-state index in [4.69, 9.17) is 15.2 Å². The van der Waals surface area contributed by atoms with E-state index in [2.05, 4.69) is 22.9 Å². The van der Waals surface area contributed by atoms with Crippen molar-refractivity contribution in [3.8, 4) is 11.5 Å². The minimum absolute atomic E-state index is 0.224. The minimum Gasteiger partial charge on any atom is -0.486 e. The smallest absolute Gasteiger partial charge is 0.164 e. The summed E-state index contributed by atoms with van der Waals surface area (Å²) in [5.74, 6) is 1.76. The van der Waals surface area contributed by atoms with Crippen LogP contribution in [0.3, 0.4) is 0 Å². The highest BCUT2D eigenvalue weighted by molar-refractivity contribution is 9.10. The third-order valence-electron chi connectivity index (χ3n) is 4.48. The quantitative estimate of drug-likeness (QED) is 0.888. The molecule has 0 unspecified atom stereocenters. The first-order chi connectivity index (χ1) is 9.65. The van der Waals surface area contributed by atoms with Crippen molar-refractivity contribution in [2.24, 2.45) is 5.73 Å². The zero-order valence-electron chi connectivity index (χ0n) is 12.0. The van der Waals surface area contributed by atoms with Gasteiger partial charge in [0.25, 0.3) is 0 Å². The van der Waals surface area contributed by atoms with E-state index >= 15 is 0 Å². The van der Waals surface area contributed by atoms with E-state index in [1.807, 2.05) is 6.07 Å². The molecule has 20 heavy (non-hydrogen) atoms. The van der Waals surface area contributed by atoms with Crippen molar-refractivity contribution in [1.29, 1.82) is 0 Å². The van der Waals surface area contributed by atoms with E-state index in [0.29, 0.717) is 13.2 Å². The Morgan fingerprint density at radius 3 is 2.60 bits per heavy atom. The van der Waals surface area contributed by atoms with E-state index in [9.17, 15) is 0 Å². The van der Waals surface area contributed by atoms with Gasteiger partial charge in [-0.2, -0.15) is 0 Å². The Morgan fingerprint density at radius 2 is 1.90 bits per heavy atom. The summed E-state index contributed by atoms with van der Waals surface area (Å²) in [5, 5.41) is 0. The molecular formula is C16H22BrNO2. The van der Waals surface area contributed by atoms with Crippen LogP contribution >= 0.6 is 15.9 Å². The third kappa shape index (κ3) is 2.33. The summed E-state index contributed by atoms with van der Waals surface area (Å²) < 4.78 is 12.7. The van der Waals surface area contributed by atoms with Gasteiger partial charge in [0.2, 0.25) is 0 Å². The van der Waals surface area contributed by atoms with E-state index in [1.165, 1.54) is 30.4 Å². The lowest BCUT2D eigenvalue weighted by atomic mass is 9.75. The molecule has 3 rings (SSSR count). The third-order valence-corrected chi connectivity index (χ3v) is 5.11. The maximum Gasteiger partial charge on any atom is 0.164 e. The van der Waals surface area contributed by atoms with E-state index in [1.54, 1.807) is 0 Å². The van der Waals surface area contributed by atoms with Crippen molar-refractivity contribution in [3.05, 3.63) is 21.7 Å². The number of rotatable bonds is 2. The van der Waals surface area contributed by atoms with E-state index in [0.717, 1.165) is 35.2 Å². The molecule has 0 atom stereocenters. The van der Waals surface area contributed by atoms with Crippen LogP contribution in [-0.2, 0) is 12.0 Å². The number of halogens is 1. The van der Waals surface area contributed by atoms with Gasteiger partial charge in [-0.15, -0.1) is 0 Å². The van der Waals surface area contributed by atoms with Crippen LogP contribution in [-0.4, -0.2) is 13.2 Å². The van der Waals surface area contributed by atoms with Gasteiger partial charge >= 0.3 is 0 Å². The molecule has 4 heteroatoms. The lowest BCUT2D eigenvalue weighted by molar-refractivity contribution is 0.168. The van der Waals surface area contributed by atoms with Gasteiger partial charge < -0.3 is 15.2 Å². The Bertz CT molecular complexity index is 510. The number of nitrogens with two attached hydrogens (primary N) is 1. The molecule has 2 N–H and O–H groups in total. The lowest BCUT2D eigenvalue weighted by Crippen LogP contribution is -2.40. The predicted molar refractivity (Wildman–Crippen MR) is 83.5 cm³/mol. The minimum atomic E-state index is -0.224. The van der Waals surface area contributed by atoms with Gasteiger partial charge in [-0.3, -0.25) is 0 Å². The van der Waals surface area contributed by atoms with E-state index < -0.39 is 0 Å². The molecular weight excluding hydrogens is 318 g/mol. The largest absolute Gasteiger partial charge is 0.486 e. The summed E-state index contributed by atoms with van der Waals surface area (Å²) in [6.07, 6.45) is 6.74. The van der Waals surface area contributed by atoms with Crippen molar-refractivity contribution in [2.45, 2.75) is 51.0 Å². The first-order valence-electron chi connectivity index (χ1n) is 7.56. The molecule has 2 aliphatic rings. The fourth-order valence-corrected chi connectivity index (χ4v) is 4.37. The molecule has 110 valence electrons. The van der Waals surface area contributed by atoms with Crippen LogP contribution in [0.2, 0.25) is 0 Å². The van der Waals surface area contributed by atoms with Crippen molar-refractivity contribution in [3.63, 3.8) is 0 Å². The predicted octanol–water partition coefficient (Wildman–Crippen LogP) is 3.90. The molecule has 1 aromatic rings. The number of ether oxygens (including phenoxy) is 2. The topological polar surface area (TPSA) is 44.5 Å². The van der Waals surface area contributed by atoms with Crippen molar-refractivity contribution in [1.82, 2.24) is 0 Å².